The highest BCUT2D eigenvalue weighted by Gasteiger charge is 2.27. The molecule has 0 unspecified atom stereocenters. The molecular weight excluding hydrogens is 342 g/mol. The zero-order valence-corrected chi connectivity index (χ0v) is 15.5. The van der Waals surface area contributed by atoms with Crippen LogP contribution in [0.25, 0.3) is 0 Å². The van der Waals surface area contributed by atoms with Gasteiger partial charge in [0.25, 0.3) is 0 Å². The first-order chi connectivity index (χ1) is 11.2. The van der Waals surface area contributed by atoms with E-state index in [0.717, 1.165) is 34.3 Å². The summed E-state index contributed by atoms with van der Waals surface area (Å²) in [6.07, 6.45) is 0. The Kier molecular flexibility index (Phi) is 6.69. The Labute approximate surface area is 153 Å². The van der Waals surface area contributed by atoms with Crippen LogP contribution in [0.15, 0.2) is 58.3 Å². The van der Waals surface area contributed by atoms with Crippen molar-refractivity contribution in [2.24, 2.45) is 0 Å². The van der Waals surface area contributed by atoms with Crippen LogP contribution in [0, 0.1) is 0 Å². The van der Waals surface area contributed by atoms with E-state index in [0.29, 0.717) is 6.54 Å². The third-order valence-electron chi connectivity index (χ3n) is 3.69. The second-order valence-corrected chi connectivity index (χ2v) is 6.83. The Balaban J connectivity index is 0.00000208. The first-order valence-corrected chi connectivity index (χ1v) is 8.53. The number of likely N-dealkylation sites (N-methyl/N-ethyl adjacent to an activating group) is 1. The fourth-order valence-corrected chi connectivity index (χ4v) is 3.61. The number of anilines is 2. The minimum absolute atomic E-state index is 0. The highest BCUT2D eigenvalue weighted by atomic mass is 35.5. The number of nitrogens with zero attached hydrogens (tertiary/aromatic N) is 2. The summed E-state index contributed by atoms with van der Waals surface area (Å²) in [5, 5.41) is 3.24. The number of carbonyl (C=O) groups excluding carboxylic acids is 1. The summed E-state index contributed by atoms with van der Waals surface area (Å²) in [5.74, 6) is 0.0731. The topological polar surface area (TPSA) is 35.6 Å². The number of hydrogen-bond donors (Lipinski definition) is 1. The molecule has 0 bridgehead atoms. The minimum Gasteiger partial charge on any atom is -0.308 e. The van der Waals surface area contributed by atoms with E-state index in [2.05, 4.69) is 22.3 Å². The third kappa shape index (κ3) is 4.11. The van der Waals surface area contributed by atoms with Crippen molar-refractivity contribution >= 4 is 41.5 Å². The van der Waals surface area contributed by atoms with Crippen LogP contribution in [0.5, 0.6) is 0 Å². The van der Waals surface area contributed by atoms with Crippen molar-refractivity contribution < 1.29 is 4.79 Å². The Morgan fingerprint density at radius 2 is 1.58 bits per heavy atom. The molecule has 3 rings (SSSR count). The van der Waals surface area contributed by atoms with Crippen molar-refractivity contribution in [2.45, 2.75) is 9.79 Å². The molecule has 2 aromatic rings. The number of benzene rings is 2. The average molecular weight is 364 g/mol. The van der Waals surface area contributed by atoms with E-state index in [-0.39, 0.29) is 18.3 Å². The van der Waals surface area contributed by atoms with Gasteiger partial charge < -0.3 is 10.2 Å². The van der Waals surface area contributed by atoms with Crippen molar-refractivity contribution in [1.82, 2.24) is 10.2 Å². The van der Waals surface area contributed by atoms with Gasteiger partial charge in [0.2, 0.25) is 5.91 Å². The maximum absolute atomic E-state index is 12.8. The molecule has 0 radical (unpaired) electrons. The Morgan fingerprint density at radius 3 is 2.12 bits per heavy atom. The highest BCUT2D eigenvalue weighted by molar-refractivity contribution is 7.99. The number of halogens is 1. The number of rotatable bonds is 5. The van der Waals surface area contributed by atoms with Crippen molar-refractivity contribution in [2.75, 3.05) is 38.6 Å². The summed E-state index contributed by atoms with van der Waals surface area (Å²) in [6, 6.07) is 16.1. The van der Waals surface area contributed by atoms with Crippen molar-refractivity contribution in [3.8, 4) is 0 Å². The average Bonchev–Trinajstić information content (AvgIpc) is 2.56. The number of fused-ring (bicyclic) bond motifs is 2. The highest BCUT2D eigenvalue weighted by Crippen LogP contribution is 2.47. The standard InChI is InChI=1S/C18H21N3OS.ClH/c1-20(2)12-11-19-13-18(22)21-14-7-3-5-9-16(14)23-17-10-6-4-8-15(17)21;/h3-10,19H,11-13H2,1-2H3;1H. The monoisotopic (exact) mass is 363 g/mol. The Morgan fingerprint density at radius 1 is 1.04 bits per heavy atom. The number of carbonyl (C=O) groups is 1. The van der Waals surface area contributed by atoms with Gasteiger partial charge in [-0.25, -0.2) is 0 Å². The lowest BCUT2D eigenvalue weighted by Gasteiger charge is -2.31. The summed E-state index contributed by atoms with van der Waals surface area (Å²) in [7, 11) is 4.05. The van der Waals surface area contributed by atoms with E-state index in [1.807, 2.05) is 55.4 Å². The van der Waals surface area contributed by atoms with Gasteiger partial charge in [0.1, 0.15) is 0 Å². The summed E-state index contributed by atoms with van der Waals surface area (Å²) >= 11 is 1.71. The van der Waals surface area contributed by atoms with Crippen LogP contribution in [0.4, 0.5) is 11.4 Å². The SMILES string of the molecule is CN(C)CCNCC(=O)N1c2ccccc2Sc2ccccc21.Cl. The van der Waals surface area contributed by atoms with Crippen LogP contribution in [0.2, 0.25) is 0 Å². The molecule has 0 saturated carbocycles. The maximum Gasteiger partial charge on any atom is 0.245 e. The second kappa shape index (κ2) is 8.53. The molecule has 2 aromatic carbocycles. The van der Waals surface area contributed by atoms with Crippen molar-refractivity contribution in [3.05, 3.63) is 48.5 Å². The van der Waals surface area contributed by atoms with Crippen molar-refractivity contribution in [3.63, 3.8) is 0 Å². The first-order valence-electron chi connectivity index (χ1n) is 7.71. The van der Waals surface area contributed by atoms with Crippen LogP contribution in [-0.2, 0) is 4.79 Å². The molecule has 0 fully saturated rings. The largest absolute Gasteiger partial charge is 0.308 e. The van der Waals surface area contributed by atoms with Gasteiger partial charge >= 0.3 is 0 Å². The summed E-state index contributed by atoms with van der Waals surface area (Å²) in [5.41, 5.74) is 1.94. The van der Waals surface area contributed by atoms with E-state index in [4.69, 9.17) is 0 Å². The number of hydrogen-bond acceptors (Lipinski definition) is 4. The summed E-state index contributed by atoms with van der Waals surface area (Å²) in [6.45, 7) is 2.04. The molecule has 0 saturated heterocycles. The van der Waals surface area contributed by atoms with Gasteiger partial charge in [-0.3, -0.25) is 9.69 Å². The summed E-state index contributed by atoms with van der Waals surface area (Å²) < 4.78 is 0. The quantitative estimate of drug-likeness (QED) is 0.826. The van der Waals surface area contributed by atoms with Gasteiger partial charge in [0.15, 0.2) is 0 Å². The van der Waals surface area contributed by atoms with Gasteiger partial charge in [-0.05, 0) is 38.4 Å². The van der Waals surface area contributed by atoms with Crippen molar-refractivity contribution in [1.29, 1.82) is 0 Å². The molecule has 1 N–H and O–H groups in total. The van der Waals surface area contributed by atoms with Crippen LogP contribution in [0.1, 0.15) is 0 Å². The van der Waals surface area contributed by atoms with Crippen LogP contribution < -0.4 is 10.2 Å². The molecule has 0 spiro atoms. The summed E-state index contributed by atoms with van der Waals surface area (Å²) in [4.78, 5) is 19.0. The molecule has 6 heteroatoms. The van der Waals surface area contributed by atoms with Gasteiger partial charge in [0.05, 0.1) is 17.9 Å². The number of para-hydroxylation sites is 2. The molecule has 1 aliphatic heterocycles. The van der Waals surface area contributed by atoms with E-state index >= 15 is 0 Å². The van der Waals surface area contributed by atoms with Crippen LogP contribution in [-0.4, -0.2) is 44.5 Å². The third-order valence-corrected chi connectivity index (χ3v) is 4.82. The number of amides is 1. The molecule has 128 valence electrons. The Hall–Kier alpha value is -1.53. The molecule has 0 atom stereocenters. The molecule has 1 aliphatic rings. The molecule has 0 aliphatic carbocycles. The predicted molar refractivity (Wildman–Crippen MR) is 103 cm³/mol. The minimum atomic E-state index is 0. The molecule has 24 heavy (non-hydrogen) atoms. The number of nitrogens with one attached hydrogen (secondary N) is 1. The van der Waals surface area contributed by atoms with Crippen LogP contribution in [0.3, 0.4) is 0 Å². The lowest BCUT2D eigenvalue weighted by Crippen LogP contribution is -2.38. The van der Waals surface area contributed by atoms with Gasteiger partial charge in [-0.15, -0.1) is 12.4 Å². The van der Waals surface area contributed by atoms with E-state index in [1.54, 1.807) is 11.8 Å². The molecule has 1 heterocycles. The molecule has 0 aromatic heterocycles. The lowest BCUT2D eigenvalue weighted by molar-refractivity contribution is -0.117. The zero-order valence-electron chi connectivity index (χ0n) is 13.9. The molecule has 1 amide bonds. The second-order valence-electron chi connectivity index (χ2n) is 5.75. The van der Waals surface area contributed by atoms with E-state index < -0.39 is 0 Å². The fourth-order valence-electron chi connectivity index (χ4n) is 2.55. The molecular formula is C18H22ClN3OS. The lowest BCUT2D eigenvalue weighted by atomic mass is 10.2. The maximum atomic E-state index is 12.8. The van der Waals surface area contributed by atoms with E-state index in [9.17, 15) is 4.79 Å². The van der Waals surface area contributed by atoms with Gasteiger partial charge in [-0.1, -0.05) is 36.0 Å². The normalized spacial score (nSPS) is 12.4. The Bertz CT molecular complexity index is 663. The first kappa shape index (κ1) is 18.8. The van der Waals surface area contributed by atoms with E-state index in [1.165, 1.54) is 0 Å². The predicted octanol–water partition coefficient (Wildman–Crippen LogP) is 3.39. The van der Waals surface area contributed by atoms with Gasteiger partial charge in [-0.2, -0.15) is 0 Å². The fraction of sp³-hybridized carbons (Fsp3) is 0.278. The van der Waals surface area contributed by atoms with Crippen LogP contribution >= 0.6 is 24.2 Å². The molecule has 4 nitrogen and oxygen atoms in total. The zero-order chi connectivity index (χ0) is 16.2. The smallest absolute Gasteiger partial charge is 0.245 e. The van der Waals surface area contributed by atoms with Gasteiger partial charge in [0, 0.05) is 22.9 Å².